The normalized spacial score (nSPS) is 35.2. The van der Waals surface area contributed by atoms with Gasteiger partial charge in [0.15, 0.2) is 0 Å². The minimum atomic E-state index is -1.55. The fraction of sp³-hybridized carbons (Fsp3) is 1.00. The van der Waals surface area contributed by atoms with Gasteiger partial charge in [-0.15, -0.1) is 0 Å². The monoisotopic (exact) mass is 176 g/mol. The van der Waals surface area contributed by atoms with Gasteiger partial charge in [-0.3, -0.25) is 5.32 Å². The van der Waals surface area contributed by atoms with Gasteiger partial charge in [-0.25, -0.2) is 0 Å². The Balaban J connectivity index is 2.67. The Morgan fingerprint density at radius 2 is 1.91 bits per heavy atom. The molecule has 11 heavy (non-hydrogen) atoms. The van der Waals surface area contributed by atoms with E-state index in [1.807, 2.05) is 27.7 Å². The molecule has 0 aromatic rings. The van der Waals surface area contributed by atoms with Crippen LogP contribution in [0, 0.1) is 0 Å². The summed E-state index contributed by atoms with van der Waals surface area (Å²) in [5.74, 6) is 0. The Morgan fingerprint density at radius 1 is 1.36 bits per heavy atom. The number of hydrogen-bond acceptors (Lipinski definition) is 3. The van der Waals surface area contributed by atoms with Gasteiger partial charge < -0.3 is 9.42 Å². The highest BCUT2D eigenvalue weighted by molar-refractivity contribution is 7.46. The molecule has 1 atom stereocenters. The van der Waals surface area contributed by atoms with Crippen LogP contribution in [-0.4, -0.2) is 17.4 Å². The van der Waals surface area contributed by atoms with E-state index >= 15 is 0 Å². The van der Waals surface area contributed by atoms with Gasteiger partial charge in [0.25, 0.3) is 0 Å². The maximum absolute atomic E-state index is 11.3. The van der Waals surface area contributed by atoms with Crippen molar-refractivity contribution >= 4 is 8.38 Å². The maximum Gasteiger partial charge on any atom is 0.0670 e. The molecule has 1 saturated heterocycles. The SMILES string of the molecule is CC1(C)COP([O-])C(C)(C)N1. The summed E-state index contributed by atoms with van der Waals surface area (Å²) in [7, 11) is -1.55. The lowest BCUT2D eigenvalue weighted by Crippen LogP contribution is -2.58. The summed E-state index contributed by atoms with van der Waals surface area (Å²) in [6.45, 7) is 8.39. The van der Waals surface area contributed by atoms with Gasteiger partial charge in [0.05, 0.1) is 6.61 Å². The van der Waals surface area contributed by atoms with Gasteiger partial charge in [0.1, 0.15) is 0 Å². The summed E-state index contributed by atoms with van der Waals surface area (Å²) in [4.78, 5) is 11.3. The number of rotatable bonds is 0. The third kappa shape index (κ3) is 2.12. The molecule has 0 aromatic carbocycles. The van der Waals surface area contributed by atoms with Crippen LogP contribution in [0.3, 0.4) is 0 Å². The largest absolute Gasteiger partial charge is 0.807 e. The average molecular weight is 176 g/mol. The average Bonchev–Trinajstić information content (AvgIpc) is 1.77. The summed E-state index contributed by atoms with van der Waals surface area (Å²) in [6, 6.07) is 0. The van der Waals surface area contributed by atoms with Crippen molar-refractivity contribution in [2.24, 2.45) is 0 Å². The highest BCUT2D eigenvalue weighted by Crippen LogP contribution is 2.45. The maximum atomic E-state index is 11.3. The molecule has 66 valence electrons. The molecule has 1 N–H and O–H groups in total. The molecule has 4 heteroatoms. The Labute approximate surface area is 69.1 Å². The second kappa shape index (κ2) is 2.67. The molecule has 0 radical (unpaired) electrons. The summed E-state index contributed by atoms with van der Waals surface area (Å²) >= 11 is 0. The second-order valence-corrected chi connectivity index (χ2v) is 5.99. The lowest BCUT2D eigenvalue weighted by atomic mass is 10.1. The predicted octanol–water partition coefficient (Wildman–Crippen LogP) is 0.793. The van der Waals surface area contributed by atoms with Crippen molar-refractivity contribution in [3.05, 3.63) is 0 Å². The van der Waals surface area contributed by atoms with Gasteiger partial charge in [-0.1, -0.05) is 0 Å². The van der Waals surface area contributed by atoms with Crippen LogP contribution in [0.2, 0.25) is 0 Å². The van der Waals surface area contributed by atoms with Crippen molar-refractivity contribution in [1.29, 1.82) is 0 Å². The molecule has 0 amide bonds. The number of hydrogen-bond donors (Lipinski definition) is 1. The smallest absolute Gasteiger partial charge is 0.0670 e. The molecule has 3 nitrogen and oxygen atoms in total. The van der Waals surface area contributed by atoms with E-state index in [-0.39, 0.29) is 5.54 Å². The standard InChI is InChI=1S/C7H15NO2P/c1-6(2)5-10-11(9)7(3,4)8-6/h8H,5H2,1-4H3/q-1. The van der Waals surface area contributed by atoms with Crippen LogP contribution in [0.25, 0.3) is 0 Å². The van der Waals surface area contributed by atoms with Crippen molar-refractivity contribution in [3.63, 3.8) is 0 Å². The van der Waals surface area contributed by atoms with E-state index in [2.05, 4.69) is 5.32 Å². The first-order chi connectivity index (χ1) is 4.83. The minimum Gasteiger partial charge on any atom is -0.807 e. The van der Waals surface area contributed by atoms with E-state index in [0.717, 1.165) is 0 Å². The van der Waals surface area contributed by atoms with Crippen LogP contribution in [0.4, 0.5) is 0 Å². The van der Waals surface area contributed by atoms with Crippen molar-refractivity contribution in [1.82, 2.24) is 5.32 Å². The Kier molecular flexibility index (Phi) is 2.28. The Bertz CT molecular complexity index is 159. The second-order valence-electron chi connectivity index (χ2n) is 4.10. The molecule has 0 saturated carbocycles. The summed E-state index contributed by atoms with van der Waals surface area (Å²) in [5, 5.41) is 2.88. The van der Waals surface area contributed by atoms with E-state index in [1.54, 1.807) is 0 Å². The van der Waals surface area contributed by atoms with Gasteiger partial charge >= 0.3 is 0 Å². The zero-order valence-corrected chi connectivity index (χ0v) is 8.37. The van der Waals surface area contributed by atoms with E-state index < -0.39 is 13.7 Å². The molecule has 1 fully saturated rings. The highest BCUT2D eigenvalue weighted by Gasteiger charge is 2.35. The van der Waals surface area contributed by atoms with E-state index in [9.17, 15) is 4.89 Å². The summed E-state index contributed by atoms with van der Waals surface area (Å²) in [5.41, 5.74) is -0.0628. The van der Waals surface area contributed by atoms with Crippen molar-refractivity contribution in [2.75, 3.05) is 6.61 Å². The lowest BCUT2D eigenvalue weighted by Gasteiger charge is -2.50. The molecule has 1 unspecified atom stereocenters. The minimum absolute atomic E-state index is 0.0628. The quantitative estimate of drug-likeness (QED) is 0.555. The fourth-order valence-corrected chi connectivity index (χ4v) is 2.45. The topological polar surface area (TPSA) is 44.3 Å². The summed E-state index contributed by atoms with van der Waals surface area (Å²) in [6.07, 6.45) is 0. The molecule has 1 aliphatic heterocycles. The molecular formula is C7H15NO2P-. The van der Waals surface area contributed by atoms with Crippen molar-refractivity contribution in [2.45, 2.75) is 38.5 Å². The number of nitrogens with one attached hydrogen (secondary N) is 1. The molecule has 1 heterocycles. The van der Waals surface area contributed by atoms with Crippen LogP contribution in [-0.2, 0) is 4.52 Å². The first kappa shape index (κ1) is 9.40. The Hall–Kier alpha value is 0.310. The molecule has 1 rings (SSSR count). The molecule has 0 bridgehead atoms. The third-order valence-corrected chi connectivity index (χ3v) is 3.03. The zero-order chi connectivity index (χ0) is 8.70. The summed E-state index contributed by atoms with van der Waals surface area (Å²) < 4.78 is 5.16. The zero-order valence-electron chi connectivity index (χ0n) is 7.47. The van der Waals surface area contributed by atoms with Gasteiger partial charge in [-0.2, -0.15) is 0 Å². The van der Waals surface area contributed by atoms with Crippen LogP contribution in [0.1, 0.15) is 27.7 Å². The first-order valence-electron chi connectivity index (χ1n) is 3.73. The van der Waals surface area contributed by atoms with E-state index in [1.165, 1.54) is 0 Å². The van der Waals surface area contributed by atoms with E-state index in [4.69, 9.17) is 4.52 Å². The molecule has 0 aliphatic carbocycles. The van der Waals surface area contributed by atoms with Crippen LogP contribution >= 0.6 is 8.38 Å². The highest BCUT2D eigenvalue weighted by atomic mass is 31.2. The van der Waals surface area contributed by atoms with Crippen molar-refractivity contribution in [3.8, 4) is 0 Å². The molecule has 0 spiro atoms. The molecule has 0 aromatic heterocycles. The molecular weight excluding hydrogens is 161 g/mol. The van der Waals surface area contributed by atoms with Crippen molar-refractivity contribution < 1.29 is 9.42 Å². The van der Waals surface area contributed by atoms with Gasteiger partial charge in [0, 0.05) is 10.8 Å². The van der Waals surface area contributed by atoms with E-state index in [0.29, 0.717) is 6.61 Å². The van der Waals surface area contributed by atoms with Gasteiger partial charge in [-0.05, 0) is 36.1 Å². The van der Waals surface area contributed by atoms with Gasteiger partial charge in [0.2, 0.25) is 0 Å². The lowest BCUT2D eigenvalue weighted by molar-refractivity contribution is -0.193. The van der Waals surface area contributed by atoms with Crippen LogP contribution in [0.15, 0.2) is 0 Å². The van der Waals surface area contributed by atoms with Crippen LogP contribution < -0.4 is 10.2 Å². The fourth-order valence-electron chi connectivity index (χ4n) is 1.29. The molecule has 1 aliphatic rings. The first-order valence-corrected chi connectivity index (χ1v) is 4.91. The predicted molar refractivity (Wildman–Crippen MR) is 44.2 cm³/mol. The van der Waals surface area contributed by atoms with Crippen LogP contribution in [0.5, 0.6) is 0 Å². The third-order valence-electron chi connectivity index (χ3n) is 1.64. The Morgan fingerprint density at radius 3 is 2.27 bits per heavy atom.